The number of carboxylic acid groups (broad SMARTS) is 1. The van der Waals surface area contributed by atoms with Gasteiger partial charge in [0.1, 0.15) is 16.7 Å². The van der Waals surface area contributed by atoms with Crippen molar-refractivity contribution in [2.45, 2.75) is 97.2 Å². The topological polar surface area (TPSA) is 91.8 Å². The number of thioether (sulfide) groups is 1. The number of aromatic nitrogens is 1. The van der Waals surface area contributed by atoms with Crippen LogP contribution in [-0.2, 0) is 21.8 Å². The average molecular weight is 612 g/mol. The van der Waals surface area contributed by atoms with Crippen molar-refractivity contribution in [2.24, 2.45) is 0 Å². The van der Waals surface area contributed by atoms with E-state index in [4.69, 9.17) is 9.72 Å². The third kappa shape index (κ3) is 10.1. The Kier molecular flexibility index (Phi) is 12.3. The molecule has 3 aromatic rings. The van der Waals surface area contributed by atoms with Gasteiger partial charge in [0.05, 0.1) is 5.69 Å². The Bertz CT molecular complexity index is 1280. The van der Waals surface area contributed by atoms with E-state index in [-0.39, 0.29) is 5.75 Å². The molecule has 0 bridgehead atoms. The Balaban J connectivity index is 1.58. The van der Waals surface area contributed by atoms with Gasteiger partial charge in [-0.05, 0) is 76.6 Å². The van der Waals surface area contributed by atoms with Gasteiger partial charge in [-0.3, -0.25) is 0 Å². The molecule has 0 aliphatic heterocycles. The van der Waals surface area contributed by atoms with E-state index >= 15 is 0 Å². The first-order valence-corrected chi connectivity index (χ1v) is 16.6. The number of ether oxygens (including phenoxy) is 1. The highest BCUT2D eigenvalue weighted by Crippen LogP contribution is 2.29. The van der Waals surface area contributed by atoms with Crippen molar-refractivity contribution in [1.82, 2.24) is 10.3 Å². The predicted octanol–water partition coefficient (Wildman–Crippen LogP) is 8.34. The fourth-order valence-electron chi connectivity index (χ4n) is 4.65. The number of amides is 1. The first-order chi connectivity index (χ1) is 19.9. The highest BCUT2D eigenvalue weighted by molar-refractivity contribution is 7.98. The van der Waals surface area contributed by atoms with Crippen molar-refractivity contribution < 1.29 is 19.4 Å². The molecule has 228 valence electrons. The first-order valence-electron chi connectivity index (χ1n) is 14.6. The third-order valence-corrected chi connectivity index (χ3v) is 9.04. The molecule has 0 aliphatic carbocycles. The number of rotatable bonds is 14. The van der Waals surface area contributed by atoms with Gasteiger partial charge in [0.25, 0.3) is 0 Å². The highest BCUT2D eigenvalue weighted by Gasteiger charge is 2.24. The van der Waals surface area contributed by atoms with E-state index in [2.05, 4.69) is 86.4 Å². The molecule has 0 saturated carbocycles. The second-order valence-electron chi connectivity index (χ2n) is 11.7. The van der Waals surface area contributed by atoms with Gasteiger partial charge in [0.2, 0.25) is 0 Å². The lowest BCUT2D eigenvalue weighted by atomic mass is 9.94. The quantitative estimate of drug-likeness (QED) is 0.189. The lowest BCUT2D eigenvalue weighted by molar-refractivity contribution is -0.138. The van der Waals surface area contributed by atoms with Crippen LogP contribution in [-0.4, -0.2) is 45.6 Å². The predicted molar refractivity (Wildman–Crippen MR) is 176 cm³/mol. The van der Waals surface area contributed by atoms with E-state index in [0.29, 0.717) is 17.7 Å². The SMILES string of the molecule is CCC(CC)c1ccc(N(Cc2ccc(-c3csc(CSC[C@H](NC(=O)OC(C)(C)C)C(=O)O)n3)cc2)C(C)C)cc1. The van der Waals surface area contributed by atoms with E-state index in [9.17, 15) is 14.7 Å². The van der Waals surface area contributed by atoms with Crippen molar-refractivity contribution in [3.8, 4) is 11.3 Å². The smallest absolute Gasteiger partial charge is 0.408 e. The Morgan fingerprint density at radius 3 is 2.24 bits per heavy atom. The van der Waals surface area contributed by atoms with E-state index in [1.807, 2.05) is 5.38 Å². The summed E-state index contributed by atoms with van der Waals surface area (Å²) in [7, 11) is 0. The Morgan fingerprint density at radius 1 is 1.05 bits per heavy atom. The number of thiazole rings is 1. The highest BCUT2D eigenvalue weighted by atomic mass is 32.2. The van der Waals surface area contributed by atoms with Gasteiger partial charge in [-0.15, -0.1) is 11.3 Å². The zero-order valence-electron chi connectivity index (χ0n) is 25.8. The lowest BCUT2D eigenvalue weighted by Crippen LogP contribution is -2.44. The maximum Gasteiger partial charge on any atom is 0.408 e. The van der Waals surface area contributed by atoms with Gasteiger partial charge >= 0.3 is 12.1 Å². The average Bonchev–Trinajstić information content (AvgIpc) is 3.40. The number of benzene rings is 2. The van der Waals surface area contributed by atoms with Crippen LogP contribution in [0.3, 0.4) is 0 Å². The van der Waals surface area contributed by atoms with E-state index < -0.39 is 23.7 Å². The number of alkyl carbamates (subject to hydrolysis) is 1. The monoisotopic (exact) mass is 611 g/mol. The largest absolute Gasteiger partial charge is 0.480 e. The number of hydrogen-bond acceptors (Lipinski definition) is 7. The number of anilines is 1. The van der Waals surface area contributed by atoms with Crippen LogP contribution in [0.25, 0.3) is 11.3 Å². The summed E-state index contributed by atoms with van der Waals surface area (Å²) in [6.07, 6.45) is 1.59. The first kappa shape index (κ1) is 33.5. The zero-order valence-corrected chi connectivity index (χ0v) is 27.5. The van der Waals surface area contributed by atoms with Crippen LogP contribution in [0.4, 0.5) is 10.5 Å². The fourth-order valence-corrected chi connectivity index (χ4v) is 6.57. The van der Waals surface area contributed by atoms with Crippen molar-refractivity contribution in [1.29, 1.82) is 0 Å². The summed E-state index contributed by atoms with van der Waals surface area (Å²) >= 11 is 2.97. The molecule has 42 heavy (non-hydrogen) atoms. The van der Waals surface area contributed by atoms with Gasteiger partial charge in [-0.1, -0.05) is 50.2 Å². The molecule has 0 aliphatic rings. The molecule has 0 radical (unpaired) electrons. The van der Waals surface area contributed by atoms with Crippen LogP contribution in [0.2, 0.25) is 0 Å². The van der Waals surface area contributed by atoms with E-state index in [1.165, 1.54) is 28.6 Å². The standard InChI is InChI=1S/C33H45N3O4S2/c1-8-24(9-2)25-14-16-27(17-15-25)36(22(3)4)18-23-10-12-26(13-11-23)28-20-42-30(34-28)21-41-19-29(31(37)38)35-32(39)40-33(5,6)7/h10-17,20,22,24,29H,8-9,18-19,21H2,1-7H3,(H,35,39)(H,37,38)/t29-/m0/s1. The molecule has 0 unspecified atom stereocenters. The molecule has 1 heterocycles. The van der Waals surface area contributed by atoms with Crippen LogP contribution in [0.5, 0.6) is 0 Å². The summed E-state index contributed by atoms with van der Waals surface area (Å²) in [5.74, 6) is 0.294. The molecule has 2 aromatic carbocycles. The van der Waals surface area contributed by atoms with Crippen molar-refractivity contribution >= 4 is 40.8 Å². The molecule has 1 atom stereocenters. The molecule has 1 aromatic heterocycles. The van der Waals surface area contributed by atoms with Crippen LogP contribution in [0.1, 0.15) is 83.4 Å². The van der Waals surface area contributed by atoms with Crippen molar-refractivity contribution in [3.63, 3.8) is 0 Å². The molecule has 2 N–H and O–H groups in total. The maximum absolute atomic E-state index is 12.0. The van der Waals surface area contributed by atoms with Crippen LogP contribution in [0, 0.1) is 0 Å². The molecule has 0 spiro atoms. The Labute approximate surface area is 259 Å². The van der Waals surface area contributed by atoms with E-state index in [0.717, 1.165) is 35.7 Å². The number of carboxylic acids is 1. The minimum atomic E-state index is -1.09. The maximum atomic E-state index is 12.0. The van der Waals surface area contributed by atoms with Crippen LogP contribution < -0.4 is 10.2 Å². The van der Waals surface area contributed by atoms with Gasteiger partial charge in [-0.2, -0.15) is 11.8 Å². The van der Waals surface area contributed by atoms with Crippen molar-refractivity contribution in [2.75, 3.05) is 10.7 Å². The number of nitrogens with zero attached hydrogens (tertiary/aromatic N) is 2. The van der Waals surface area contributed by atoms with Gasteiger partial charge < -0.3 is 20.1 Å². The lowest BCUT2D eigenvalue weighted by Gasteiger charge is -2.30. The summed E-state index contributed by atoms with van der Waals surface area (Å²) in [5.41, 5.74) is 5.14. The zero-order chi connectivity index (χ0) is 30.9. The number of hydrogen-bond donors (Lipinski definition) is 2. The van der Waals surface area contributed by atoms with Crippen LogP contribution >= 0.6 is 23.1 Å². The molecule has 0 saturated heterocycles. The number of carbonyl (C=O) groups is 2. The van der Waals surface area contributed by atoms with E-state index in [1.54, 1.807) is 32.1 Å². The summed E-state index contributed by atoms with van der Waals surface area (Å²) in [4.78, 5) is 30.8. The Hall–Kier alpha value is -3.04. The fraction of sp³-hybridized carbons (Fsp3) is 0.485. The molecular weight excluding hydrogens is 567 g/mol. The molecule has 0 fully saturated rings. The number of nitrogens with one attached hydrogen (secondary N) is 1. The third-order valence-electron chi connectivity index (χ3n) is 6.96. The van der Waals surface area contributed by atoms with Gasteiger partial charge in [0.15, 0.2) is 0 Å². The molecule has 1 amide bonds. The summed E-state index contributed by atoms with van der Waals surface area (Å²) in [6.45, 7) is 15.0. The molecule has 9 heteroatoms. The second kappa shape index (κ2) is 15.4. The van der Waals surface area contributed by atoms with Crippen LogP contribution in [0.15, 0.2) is 53.9 Å². The number of aliphatic carboxylic acids is 1. The normalized spacial score (nSPS) is 12.4. The molecule has 3 rings (SSSR count). The van der Waals surface area contributed by atoms with Crippen molar-refractivity contribution in [3.05, 3.63) is 70.0 Å². The minimum Gasteiger partial charge on any atom is -0.480 e. The minimum absolute atomic E-state index is 0.213. The summed E-state index contributed by atoms with van der Waals surface area (Å²) in [5, 5.41) is 14.9. The van der Waals surface area contributed by atoms with Gasteiger partial charge in [0, 0.05) is 40.7 Å². The molecule has 7 nitrogen and oxygen atoms in total. The Morgan fingerprint density at radius 2 is 1.69 bits per heavy atom. The number of carbonyl (C=O) groups excluding carboxylic acids is 1. The van der Waals surface area contributed by atoms with Gasteiger partial charge in [-0.25, -0.2) is 14.6 Å². The molecular formula is C33H45N3O4S2. The summed E-state index contributed by atoms with van der Waals surface area (Å²) in [6, 6.07) is 16.9. The summed E-state index contributed by atoms with van der Waals surface area (Å²) < 4.78 is 5.18. The second-order valence-corrected chi connectivity index (χ2v) is 13.7.